The Labute approximate surface area is 398 Å². The first-order chi connectivity index (χ1) is 31.3. The minimum absolute atomic E-state index is 0.0664. The highest BCUT2D eigenvalue weighted by atomic mass is 35.5. The summed E-state index contributed by atoms with van der Waals surface area (Å²) in [6.45, 7) is 6.41. The highest BCUT2D eigenvalue weighted by Gasteiger charge is 2.29. The summed E-state index contributed by atoms with van der Waals surface area (Å²) in [5.74, 6) is -2.69. The number of rotatable bonds is 23. The van der Waals surface area contributed by atoms with E-state index in [0.717, 1.165) is 22.9 Å². The third-order valence-corrected chi connectivity index (χ3v) is 11.8. The van der Waals surface area contributed by atoms with Gasteiger partial charge in [0.2, 0.25) is 0 Å². The van der Waals surface area contributed by atoms with Crippen molar-refractivity contribution in [1.82, 2.24) is 9.55 Å². The molecule has 5 rings (SSSR count). The van der Waals surface area contributed by atoms with Gasteiger partial charge in [0, 0.05) is 40.1 Å². The minimum Gasteiger partial charge on any atom is -0.466 e. The number of hydrogen-bond acceptors (Lipinski definition) is 10. The molecule has 0 spiro atoms. The second-order valence-corrected chi connectivity index (χ2v) is 19.1. The number of halogens is 4. The van der Waals surface area contributed by atoms with Crippen molar-refractivity contribution in [3.63, 3.8) is 0 Å². The number of nitrogens with zero attached hydrogens (tertiary/aromatic N) is 2. The zero-order valence-electron chi connectivity index (χ0n) is 37.9. The Kier molecular flexibility index (Phi) is 21.9. The zero-order valence-corrected chi connectivity index (χ0v) is 40.2. The van der Waals surface area contributed by atoms with E-state index in [1.54, 1.807) is 64.3 Å². The molecule has 1 aromatic heterocycles. The zero-order chi connectivity index (χ0) is 48.4. The summed E-state index contributed by atoms with van der Waals surface area (Å²) in [6, 6.07) is 23.8. The lowest BCUT2D eigenvalue weighted by atomic mass is 9.62. The molecule has 0 radical (unpaired) electrons. The van der Waals surface area contributed by atoms with E-state index in [1.165, 1.54) is 24.3 Å². The van der Waals surface area contributed by atoms with Crippen LogP contribution < -0.4 is 0 Å². The number of esters is 2. The average Bonchev–Trinajstić information content (AvgIpc) is 3.77. The molecule has 4 aromatic carbocycles. The summed E-state index contributed by atoms with van der Waals surface area (Å²) in [6.07, 6.45) is 9.14. The van der Waals surface area contributed by atoms with Gasteiger partial charge in [-0.05, 0) is 123 Å². The number of hydrogen-bond donors (Lipinski definition) is 2. The van der Waals surface area contributed by atoms with Crippen molar-refractivity contribution in [3.8, 4) is 22.3 Å². The maximum absolute atomic E-state index is 14.2. The number of ether oxygens (including phenoxy) is 2. The second kappa shape index (κ2) is 26.7. The number of aromatic nitrogens is 2. The van der Waals surface area contributed by atoms with Gasteiger partial charge in [0.1, 0.15) is 11.6 Å². The van der Waals surface area contributed by atoms with Crippen molar-refractivity contribution < 1.29 is 50.5 Å². The molecule has 18 heteroatoms. The van der Waals surface area contributed by atoms with Gasteiger partial charge >= 0.3 is 11.9 Å². The summed E-state index contributed by atoms with van der Waals surface area (Å²) in [7, 11) is -3.72. The maximum atomic E-state index is 14.2. The van der Waals surface area contributed by atoms with Gasteiger partial charge in [-0.2, -0.15) is 8.42 Å². The molecular weight excluding hydrogens is 911 g/mol. The molecule has 0 saturated carbocycles. The van der Waals surface area contributed by atoms with Crippen molar-refractivity contribution >= 4 is 59.1 Å². The molecule has 0 aliphatic heterocycles. The van der Waals surface area contributed by atoms with E-state index in [0.29, 0.717) is 71.8 Å². The van der Waals surface area contributed by atoms with Crippen molar-refractivity contribution in [2.75, 3.05) is 26.1 Å². The largest absolute Gasteiger partial charge is 0.466 e. The topological polar surface area (TPSA) is 154 Å². The van der Waals surface area contributed by atoms with E-state index in [2.05, 4.69) is 4.98 Å². The number of imidazole rings is 1. The van der Waals surface area contributed by atoms with Gasteiger partial charge in [0.05, 0.1) is 44.2 Å². The molecule has 2 N–H and O–H groups in total. The molecule has 0 saturated heterocycles. The summed E-state index contributed by atoms with van der Waals surface area (Å²) >= 11 is 12.0. The van der Waals surface area contributed by atoms with Crippen LogP contribution in [0.2, 0.25) is 36.3 Å². The maximum Gasteiger partial charge on any atom is 0.311 e. The molecule has 4 atom stereocenters. The molecule has 0 aliphatic carbocycles. The van der Waals surface area contributed by atoms with Gasteiger partial charge in [-0.1, -0.05) is 85.4 Å². The van der Waals surface area contributed by atoms with Gasteiger partial charge in [-0.3, -0.25) is 13.8 Å². The Morgan fingerprint density at radius 2 is 1.17 bits per heavy atom. The fraction of sp³-hybridized carbons (Fsp3) is 0.396. The molecule has 5 aromatic rings. The van der Waals surface area contributed by atoms with Crippen LogP contribution >= 0.6 is 23.2 Å². The Balaban J connectivity index is 0.000000289. The molecule has 0 unspecified atom stereocenters. The van der Waals surface area contributed by atoms with Crippen LogP contribution in [0.5, 0.6) is 0 Å². The average molecular weight is 970 g/mol. The van der Waals surface area contributed by atoms with Crippen LogP contribution in [0.4, 0.5) is 8.78 Å². The molecular formula is C48H58B2Cl2F2N2O9S. The van der Waals surface area contributed by atoms with Gasteiger partial charge in [0.25, 0.3) is 23.9 Å². The van der Waals surface area contributed by atoms with E-state index in [1.807, 2.05) is 47.2 Å². The summed E-state index contributed by atoms with van der Waals surface area (Å²) < 4.78 is 68.3. The minimum atomic E-state index is -3.72. The van der Waals surface area contributed by atoms with E-state index in [-0.39, 0.29) is 55.0 Å². The van der Waals surface area contributed by atoms with Gasteiger partial charge in [0.15, 0.2) is 0 Å². The third kappa shape index (κ3) is 18.6. The van der Waals surface area contributed by atoms with Crippen LogP contribution in [-0.4, -0.2) is 79.9 Å². The van der Waals surface area contributed by atoms with Crippen LogP contribution in [0.25, 0.3) is 22.3 Å². The van der Waals surface area contributed by atoms with Gasteiger partial charge in [-0.15, -0.1) is 0 Å². The molecule has 0 amide bonds. The summed E-state index contributed by atoms with van der Waals surface area (Å²) in [5.41, 5.74) is 4.26. The van der Waals surface area contributed by atoms with Crippen LogP contribution in [0.3, 0.4) is 0 Å². The van der Waals surface area contributed by atoms with Crippen molar-refractivity contribution in [3.05, 3.63) is 136 Å². The Bertz CT molecular complexity index is 2400. The van der Waals surface area contributed by atoms with Crippen LogP contribution in [-0.2, 0) is 52.8 Å². The fourth-order valence-electron chi connectivity index (χ4n) is 7.89. The summed E-state index contributed by atoms with van der Waals surface area (Å²) in [5, 5.41) is 21.0. The number of carbonyl (C=O) groups is 2. The molecule has 0 fully saturated rings. The first-order valence-electron chi connectivity index (χ1n) is 21.9. The molecule has 0 bridgehead atoms. The van der Waals surface area contributed by atoms with Crippen LogP contribution in [0.1, 0.15) is 37.8 Å². The monoisotopic (exact) mass is 968 g/mol. The predicted molar refractivity (Wildman–Crippen MR) is 258 cm³/mol. The number of benzene rings is 4. The number of carbonyl (C=O) groups excluding carboxylic acids is 2. The standard InChI is InChI=1S/C25H29BClFN2O3.C23H29BClFO6S/c1-3-33-25(31)21(16-30-11-10-29-17-30)13-19(15-26(2)32)12-18-4-6-20(7-5-18)23-14-22(27)8-9-24(23)28;1-4-31-23(27)19(15-32-33(3,29)30)12-17(14-24(2)28)11-16-5-7-18(8-6-16)21-13-20(25)9-10-22(21)26/h4-11,14,17,19,21,32H,3,12-13,15-16H2,1-2H3;5-10,13,17,19,28H,4,11-12,14-15H2,1-3H3/t19-,21+;17-,19+/m11/s1. The second-order valence-electron chi connectivity index (χ2n) is 16.6. The summed E-state index contributed by atoms with van der Waals surface area (Å²) in [4.78, 5) is 29.1. The van der Waals surface area contributed by atoms with Crippen molar-refractivity contribution in [2.45, 2.75) is 72.4 Å². The highest BCUT2D eigenvalue weighted by Crippen LogP contribution is 2.31. The Morgan fingerprint density at radius 1 is 0.727 bits per heavy atom. The first kappa shape index (κ1) is 54.0. The van der Waals surface area contributed by atoms with E-state index < -0.39 is 35.8 Å². The van der Waals surface area contributed by atoms with E-state index >= 15 is 0 Å². The molecule has 354 valence electrons. The van der Waals surface area contributed by atoms with E-state index in [4.69, 9.17) is 36.9 Å². The van der Waals surface area contributed by atoms with Crippen molar-refractivity contribution in [1.29, 1.82) is 0 Å². The lowest BCUT2D eigenvalue weighted by Crippen LogP contribution is -2.28. The van der Waals surface area contributed by atoms with Crippen LogP contribution in [0, 0.1) is 35.3 Å². The Morgan fingerprint density at radius 3 is 1.56 bits per heavy atom. The SMILES string of the molecule is CCOC(=O)[C@@H](C[C@H](CB(C)O)Cc1ccc(-c2cc(Cl)ccc2F)cc1)Cn1ccnc1.CCOC(=O)[C@H](COS(C)(=O)=O)C[C@H](CB(C)O)Cc1ccc(-c2cc(Cl)ccc2F)cc1. The fourth-order valence-corrected chi connectivity index (χ4v) is 8.65. The Hall–Kier alpha value is -4.57. The molecule has 66 heavy (non-hydrogen) atoms. The lowest BCUT2D eigenvalue weighted by Gasteiger charge is -2.23. The quantitative estimate of drug-likeness (QED) is 0.0367. The van der Waals surface area contributed by atoms with E-state index in [9.17, 15) is 36.8 Å². The van der Waals surface area contributed by atoms with Gasteiger partial charge in [-0.25, -0.2) is 13.8 Å². The predicted octanol–water partition coefficient (Wildman–Crippen LogP) is 9.85. The molecule has 11 nitrogen and oxygen atoms in total. The molecule has 1 heterocycles. The third-order valence-electron chi connectivity index (χ3n) is 10.7. The van der Waals surface area contributed by atoms with Crippen LogP contribution in [0.15, 0.2) is 104 Å². The molecule has 0 aliphatic rings. The lowest BCUT2D eigenvalue weighted by molar-refractivity contribution is -0.150. The first-order valence-corrected chi connectivity index (χ1v) is 24.5. The van der Waals surface area contributed by atoms with Crippen molar-refractivity contribution in [2.24, 2.45) is 23.7 Å². The van der Waals surface area contributed by atoms with Gasteiger partial charge < -0.3 is 24.1 Å². The smallest absolute Gasteiger partial charge is 0.311 e. The highest BCUT2D eigenvalue weighted by molar-refractivity contribution is 7.86. The normalized spacial score (nSPS) is 13.1.